The molecule has 0 aliphatic rings. The van der Waals surface area contributed by atoms with Gasteiger partial charge in [0.2, 0.25) is 0 Å². The molecule has 2 aromatic carbocycles. The van der Waals surface area contributed by atoms with E-state index in [0.717, 1.165) is 11.1 Å². The molecule has 0 saturated carbocycles. The predicted molar refractivity (Wildman–Crippen MR) is 112 cm³/mol. The molecule has 0 fully saturated rings. The van der Waals surface area contributed by atoms with Gasteiger partial charge in [-0.05, 0) is 34.6 Å². The lowest BCUT2D eigenvalue weighted by molar-refractivity contribution is -0.128. The quantitative estimate of drug-likeness (QED) is 0.383. The van der Waals surface area contributed by atoms with Crippen molar-refractivity contribution < 1.29 is 14.3 Å². The molecule has 27 heavy (non-hydrogen) atoms. The zero-order valence-electron chi connectivity index (χ0n) is 17.4. The lowest BCUT2D eigenvalue weighted by Crippen LogP contribution is -2.18. The molecule has 2 rings (SSSR count). The highest BCUT2D eigenvalue weighted by molar-refractivity contribution is 5.89. The Labute approximate surface area is 163 Å². The molecule has 0 aliphatic heterocycles. The van der Waals surface area contributed by atoms with Crippen LogP contribution < -0.4 is 9.47 Å². The Hall–Kier alpha value is -2.55. The first kappa shape index (κ1) is 20.8. The van der Waals surface area contributed by atoms with Gasteiger partial charge >= 0.3 is 5.97 Å². The third kappa shape index (κ3) is 5.46. The van der Waals surface area contributed by atoms with Crippen molar-refractivity contribution in [3.05, 3.63) is 65.2 Å². The highest BCUT2D eigenvalue weighted by Crippen LogP contribution is 2.35. The maximum atomic E-state index is 12.4. The molecule has 3 nitrogen and oxygen atoms in total. The number of hydrogen-bond acceptors (Lipinski definition) is 3. The summed E-state index contributed by atoms with van der Waals surface area (Å²) in [6.45, 7) is 12.9. The van der Waals surface area contributed by atoms with E-state index in [-0.39, 0.29) is 10.8 Å². The van der Waals surface area contributed by atoms with Crippen molar-refractivity contribution in [1.82, 2.24) is 0 Å². The highest BCUT2D eigenvalue weighted by atomic mass is 16.5. The van der Waals surface area contributed by atoms with E-state index in [0.29, 0.717) is 11.5 Å². The first-order chi connectivity index (χ1) is 12.5. The molecule has 0 amide bonds. The van der Waals surface area contributed by atoms with E-state index in [1.807, 2.05) is 36.4 Å². The summed E-state index contributed by atoms with van der Waals surface area (Å²) >= 11 is 0. The van der Waals surface area contributed by atoms with Gasteiger partial charge in [0.25, 0.3) is 0 Å². The Morgan fingerprint density at radius 2 is 1.56 bits per heavy atom. The van der Waals surface area contributed by atoms with Gasteiger partial charge in [-0.25, -0.2) is 4.79 Å². The first-order valence-corrected chi connectivity index (χ1v) is 9.20. The molecule has 0 aliphatic carbocycles. The molecule has 0 atom stereocenters. The highest BCUT2D eigenvalue weighted by Gasteiger charge is 2.23. The van der Waals surface area contributed by atoms with E-state index >= 15 is 0 Å². The minimum absolute atomic E-state index is 0.0340. The fourth-order valence-electron chi connectivity index (χ4n) is 2.78. The van der Waals surface area contributed by atoms with E-state index in [9.17, 15) is 4.79 Å². The van der Waals surface area contributed by atoms with E-state index in [4.69, 9.17) is 9.47 Å². The van der Waals surface area contributed by atoms with Crippen LogP contribution in [0.15, 0.2) is 48.5 Å². The molecular formula is C24H30O3. The molecule has 0 heterocycles. The molecule has 0 saturated heterocycles. The van der Waals surface area contributed by atoms with Crippen LogP contribution in [-0.2, 0) is 15.6 Å². The van der Waals surface area contributed by atoms with Crippen LogP contribution in [0.3, 0.4) is 0 Å². The summed E-state index contributed by atoms with van der Waals surface area (Å²) in [6.07, 6.45) is 3.14. The molecule has 0 spiro atoms. The standard InChI is InChI=1S/C24H30O3/c1-23(2,3)18-13-14-21(19(16-18)24(4,5)6)27-22(25)15-12-17-10-8-9-11-20(17)26-7/h8-16H,1-7H3/b15-12-. The number of carbonyl (C=O) groups excluding carboxylic acids is 1. The summed E-state index contributed by atoms with van der Waals surface area (Å²) in [4.78, 5) is 12.4. The lowest BCUT2D eigenvalue weighted by atomic mass is 9.80. The van der Waals surface area contributed by atoms with Crippen LogP contribution in [0.5, 0.6) is 11.5 Å². The first-order valence-electron chi connectivity index (χ1n) is 9.20. The molecule has 0 unspecified atom stereocenters. The number of methoxy groups -OCH3 is 1. The van der Waals surface area contributed by atoms with Crippen LogP contribution in [0.25, 0.3) is 6.08 Å². The van der Waals surface area contributed by atoms with E-state index in [1.165, 1.54) is 11.6 Å². The summed E-state index contributed by atoms with van der Waals surface area (Å²) in [6, 6.07) is 13.6. The number of hydrogen-bond donors (Lipinski definition) is 0. The largest absolute Gasteiger partial charge is 0.496 e. The summed E-state index contributed by atoms with van der Waals surface area (Å²) in [5, 5.41) is 0. The van der Waals surface area contributed by atoms with Crippen molar-refractivity contribution in [2.45, 2.75) is 52.4 Å². The predicted octanol–water partition coefficient (Wildman–Crippen LogP) is 5.91. The van der Waals surface area contributed by atoms with Crippen LogP contribution >= 0.6 is 0 Å². The molecule has 144 valence electrons. The molecule has 0 bridgehead atoms. The van der Waals surface area contributed by atoms with Crippen molar-refractivity contribution in [2.75, 3.05) is 7.11 Å². The van der Waals surface area contributed by atoms with Gasteiger partial charge in [-0.2, -0.15) is 0 Å². The van der Waals surface area contributed by atoms with Crippen LogP contribution in [0.4, 0.5) is 0 Å². The Morgan fingerprint density at radius 3 is 2.15 bits per heavy atom. The second-order valence-electron chi connectivity index (χ2n) is 8.71. The smallest absolute Gasteiger partial charge is 0.336 e. The summed E-state index contributed by atoms with van der Waals surface area (Å²) < 4.78 is 11.0. The van der Waals surface area contributed by atoms with Crippen LogP contribution in [0.1, 0.15) is 58.2 Å². The summed E-state index contributed by atoms with van der Waals surface area (Å²) in [5.74, 6) is 0.909. The maximum Gasteiger partial charge on any atom is 0.336 e. The van der Waals surface area contributed by atoms with Gasteiger partial charge in [0.1, 0.15) is 11.5 Å². The molecular weight excluding hydrogens is 336 g/mol. The Bertz CT molecular complexity index is 833. The number of benzene rings is 2. The lowest BCUT2D eigenvalue weighted by Gasteiger charge is -2.26. The minimum Gasteiger partial charge on any atom is -0.496 e. The fraction of sp³-hybridized carbons (Fsp3) is 0.375. The molecule has 3 heteroatoms. The van der Waals surface area contributed by atoms with Crippen LogP contribution in [0.2, 0.25) is 0 Å². The molecule has 0 N–H and O–H groups in total. The Balaban J connectivity index is 2.28. The fourth-order valence-corrected chi connectivity index (χ4v) is 2.78. The van der Waals surface area contributed by atoms with E-state index in [1.54, 1.807) is 13.2 Å². The van der Waals surface area contributed by atoms with Gasteiger partial charge in [-0.15, -0.1) is 0 Å². The number of carbonyl (C=O) groups is 1. The number of esters is 1. The van der Waals surface area contributed by atoms with Gasteiger partial charge in [-0.3, -0.25) is 0 Å². The van der Waals surface area contributed by atoms with Gasteiger partial charge in [0, 0.05) is 17.2 Å². The van der Waals surface area contributed by atoms with E-state index in [2.05, 4.69) is 47.6 Å². The number of rotatable bonds is 4. The topological polar surface area (TPSA) is 35.5 Å². The molecule has 2 aromatic rings. The van der Waals surface area contributed by atoms with Gasteiger partial charge in [0.15, 0.2) is 0 Å². The van der Waals surface area contributed by atoms with Crippen molar-refractivity contribution in [1.29, 1.82) is 0 Å². The summed E-state index contributed by atoms with van der Waals surface area (Å²) in [5.41, 5.74) is 2.97. The third-order valence-corrected chi connectivity index (χ3v) is 4.40. The normalized spacial score (nSPS) is 12.3. The van der Waals surface area contributed by atoms with Crippen LogP contribution in [-0.4, -0.2) is 13.1 Å². The Morgan fingerprint density at radius 1 is 0.889 bits per heavy atom. The van der Waals surface area contributed by atoms with Gasteiger partial charge in [-0.1, -0.05) is 71.9 Å². The van der Waals surface area contributed by atoms with Crippen molar-refractivity contribution >= 4 is 12.0 Å². The monoisotopic (exact) mass is 366 g/mol. The zero-order chi connectivity index (χ0) is 20.2. The van der Waals surface area contributed by atoms with Gasteiger partial charge in [0.05, 0.1) is 7.11 Å². The maximum absolute atomic E-state index is 12.4. The van der Waals surface area contributed by atoms with Gasteiger partial charge < -0.3 is 9.47 Å². The summed E-state index contributed by atoms with van der Waals surface area (Å²) in [7, 11) is 1.61. The Kier molecular flexibility index (Phi) is 6.15. The average molecular weight is 367 g/mol. The third-order valence-electron chi connectivity index (χ3n) is 4.40. The zero-order valence-corrected chi connectivity index (χ0v) is 17.4. The molecule has 0 radical (unpaired) electrons. The van der Waals surface area contributed by atoms with Crippen molar-refractivity contribution in [3.63, 3.8) is 0 Å². The molecule has 0 aromatic heterocycles. The number of ether oxygens (including phenoxy) is 2. The van der Waals surface area contributed by atoms with E-state index < -0.39 is 5.97 Å². The van der Waals surface area contributed by atoms with Crippen molar-refractivity contribution in [2.24, 2.45) is 0 Å². The second-order valence-corrected chi connectivity index (χ2v) is 8.71. The average Bonchev–Trinajstić information content (AvgIpc) is 2.58. The van der Waals surface area contributed by atoms with Crippen molar-refractivity contribution in [3.8, 4) is 11.5 Å². The second kappa shape index (κ2) is 7.99. The van der Waals surface area contributed by atoms with Crippen LogP contribution in [0, 0.1) is 0 Å². The minimum atomic E-state index is -0.407. The number of para-hydroxylation sites is 1. The SMILES string of the molecule is COc1ccccc1/C=C\C(=O)Oc1ccc(C(C)(C)C)cc1C(C)(C)C.